The van der Waals surface area contributed by atoms with Crippen LogP contribution in [-0.2, 0) is 29.6 Å². The van der Waals surface area contributed by atoms with Crippen molar-refractivity contribution in [3.63, 3.8) is 0 Å². The van der Waals surface area contributed by atoms with Crippen molar-refractivity contribution < 1.29 is 35.8 Å². The summed E-state index contributed by atoms with van der Waals surface area (Å²) >= 11 is 0. The molecule has 0 aliphatic carbocycles. The Kier molecular flexibility index (Phi) is 8.02. The van der Waals surface area contributed by atoms with Gasteiger partial charge in [0.25, 0.3) is 0 Å². The molecule has 0 unspecified atom stereocenters. The number of anilines is 2. The second-order valence-electron chi connectivity index (χ2n) is 7.37. The predicted octanol–water partition coefficient (Wildman–Crippen LogP) is 1.13. The maximum absolute atomic E-state index is 13.1. The molecule has 1 N–H and O–H groups in total. The van der Waals surface area contributed by atoms with Gasteiger partial charge in [-0.15, -0.1) is 0 Å². The number of sulfonamides is 2. The highest BCUT2D eigenvalue weighted by Gasteiger charge is 2.30. The van der Waals surface area contributed by atoms with E-state index in [0.717, 1.165) is 10.6 Å². The summed E-state index contributed by atoms with van der Waals surface area (Å²) in [5, 5.41) is 2.57. The highest BCUT2D eigenvalue weighted by atomic mass is 32.2. The van der Waals surface area contributed by atoms with Crippen LogP contribution in [-0.4, -0.2) is 80.4 Å². The molecule has 11 nitrogen and oxygen atoms in total. The van der Waals surface area contributed by atoms with Crippen LogP contribution in [0.5, 0.6) is 11.5 Å². The van der Waals surface area contributed by atoms with Crippen molar-refractivity contribution in [1.29, 1.82) is 0 Å². The highest BCUT2D eigenvalue weighted by Crippen LogP contribution is 2.31. The first kappa shape index (κ1) is 25.7. The molecular formula is C21H27N3O8S2. The van der Waals surface area contributed by atoms with Crippen molar-refractivity contribution in [3.8, 4) is 11.5 Å². The van der Waals surface area contributed by atoms with E-state index in [1.165, 1.54) is 42.8 Å². The summed E-state index contributed by atoms with van der Waals surface area (Å²) in [7, 11) is -5.00. The molecular weight excluding hydrogens is 486 g/mol. The van der Waals surface area contributed by atoms with Gasteiger partial charge in [-0.25, -0.2) is 16.8 Å². The lowest BCUT2D eigenvalue weighted by Gasteiger charge is -2.27. The Balaban J connectivity index is 1.87. The first-order valence-corrected chi connectivity index (χ1v) is 13.5. The maximum atomic E-state index is 13.1. The van der Waals surface area contributed by atoms with Gasteiger partial charge in [0.2, 0.25) is 26.0 Å². The molecule has 0 radical (unpaired) electrons. The summed E-state index contributed by atoms with van der Waals surface area (Å²) in [4.78, 5) is 12.7. The van der Waals surface area contributed by atoms with Crippen LogP contribution in [0, 0.1) is 0 Å². The SMILES string of the molecule is COc1ccccc1N(CC(=O)Nc1ccc(OC)c(S(=O)(=O)N2CCOCC2)c1)S(C)(=O)=O. The average Bonchev–Trinajstić information content (AvgIpc) is 2.82. The Bertz CT molecular complexity index is 1240. The number of nitrogens with one attached hydrogen (secondary N) is 1. The van der Waals surface area contributed by atoms with Gasteiger partial charge < -0.3 is 19.5 Å². The third kappa shape index (κ3) is 5.78. The summed E-state index contributed by atoms with van der Waals surface area (Å²) in [6.45, 7) is 0.413. The molecule has 34 heavy (non-hydrogen) atoms. The van der Waals surface area contributed by atoms with E-state index in [1.807, 2.05) is 0 Å². The summed E-state index contributed by atoms with van der Waals surface area (Å²) in [6.07, 6.45) is 0.979. The van der Waals surface area contributed by atoms with Crippen LogP contribution in [0.15, 0.2) is 47.4 Å². The van der Waals surface area contributed by atoms with Crippen molar-refractivity contribution in [2.24, 2.45) is 0 Å². The number of amides is 1. The number of methoxy groups -OCH3 is 2. The standard InChI is InChI=1S/C21H27N3O8S2/c1-30-18-7-5-4-6-17(18)24(33(3,26)27)15-21(25)22-16-8-9-19(31-2)20(14-16)34(28,29)23-10-12-32-13-11-23/h4-9,14H,10-13,15H2,1-3H3,(H,22,25). The van der Waals surface area contributed by atoms with Crippen molar-refractivity contribution in [1.82, 2.24) is 4.31 Å². The number of para-hydroxylation sites is 2. The number of carbonyl (C=O) groups excluding carboxylic acids is 1. The third-order valence-corrected chi connectivity index (χ3v) is 8.12. The Morgan fingerprint density at radius 3 is 2.29 bits per heavy atom. The molecule has 0 spiro atoms. The van der Waals surface area contributed by atoms with E-state index < -0.39 is 32.5 Å². The minimum atomic E-state index is -3.91. The molecule has 1 amide bonds. The van der Waals surface area contributed by atoms with Gasteiger partial charge >= 0.3 is 0 Å². The van der Waals surface area contributed by atoms with Crippen LogP contribution >= 0.6 is 0 Å². The van der Waals surface area contributed by atoms with Crippen LogP contribution in [0.1, 0.15) is 0 Å². The number of rotatable bonds is 9. The van der Waals surface area contributed by atoms with Gasteiger partial charge in [0.05, 0.1) is 39.4 Å². The molecule has 1 aliphatic rings. The van der Waals surface area contributed by atoms with Crippen molar-refractivity contribution in [2.75, 3.05) is 62.9 Å². The first-order chi connectivity index (χ1) is 16.1. The molecule has 2 aromatic carbocycles. The van der Waals surface area contributed by atoms with Crippen molar-refractivity contribution in [3.05, 3.63) is 42.5 Å². The molecule has 0 saturated carbocycles. The number of hydrogen-bond donors (Lipinski definition) is 1. The van der Waals surface area contributed by atoms with Crippen LogP contribution < -0.4 is 19.1 Å². The summed E-state index contributed by atoms with van der Waals surface area (Å²) in [6, 6.07) is 10.6. The summed E-state index contributed by atoms with van der Waals surface area (Å²) < 4.78 is 69.0. The second kappa shape index (κ2) is 10.6. The Morgan fingerprint density at radius 2 is 1.68 bits per heavy atom. The molecule has 3 rings (SSSR count). The van der Waals surface area contributed by atoms with E-state index in [2.05, 4.69) is 5.32 Å². The van der Waals surface area contributed by atoms with E-state index in [9.17, 15) is 21.6 Å². The number of morpholine rings is 1. The minimum Gasteiger partial charge on any atom is -0.495 e. The zero-order valence-corrected chi connectivity index (χ0v) is 20.7. The first-order valence-electron chi connectivity index (χ1n) is 10.2. The van der Waals surface area contributed by atoms with Crippen LogP contribution in [0.4, 0.5) is 11.4 Å². The molecule has 13 heteroatoms. The molecule has 0 atom stereocenters. The van der Waals surface area contributed by atoms with Crippen LogP contribution in [0.25, 0.3) is 0 Å². The van der Waals surface area contributed by atoms with Gasteiger partial charge in [0.15, 0.2) is 0 Å². The van der Waals surface area contributed by atoms with E-state index in [0.29, 0.717) is 0 Å². The smallest absolute Gasteiger partial charge is 0.246 e. The zero-order chi connectivity index (χ0) is 24.9. The molecule has 1 fully saturated rings. The fraction of sp³-hybridized carbons (Fsp3) is 0.381. The average molecular weight is 514 g/mol. The summed E-state index contributed by atoms with van der Waals surface area (Å²) in [5.41, 5.74) is 0.374. The molecule has 0 bridgehead atoms. The van der Waals surface area contributed by atoms with Crippen molar-refractivity contribution in [2.45, 2.75) is 4.90 Å². The quantitative estimate of drug-likeness (QED) is 0.528. The number of ether oxygens (including phenoxy) is 3. The largest absolute Gasteiger partial charge is 0.495 e. The van der Waals surface area contributed by atoms with Crippen LogP contribution in [0.2, 0.25) is 0 Å². The summed E-state index contributed by atoms with van der Waals surface area (Å²) in [5.74, 6) is -0.267. The fourth-order valence-electron chi connectivity index (χ4n) is 3.43. The molecule has 1 heterocycles. The molecule has 0 aromatic heterocycles. The van der Waals surface area contributed by atoms with E-state index in [-0.39, 0.29) is 54.1 Å². The fourth-order valence-corrected chi connectivity index (χ4v) is 5.88. The Hall–Kier alpha value is -2.87. The minimum absolute atomic E-state index is 0.112. The Labute approximate surface area is 199 Å². The monoisotopic (exact) mass is 513 g/mol. The van der Waals surface area contributed by atoms with E-state index in [4.69, 9.17) is 14.2 Å². The van der Waals surface area contributed by atoms with Gasteiger partial charge in [-0.05, 0) is 30.3 Å². The number of nitrogens with zero attached hydrogens (tertiary/aromatic N) is 2. The lowest BCUT2D eigenvalue weighted by atomic mass is 10.3. The highest BCUT2D eigenvalue weighted by molar-refractivity contribution is 7.92. The number of hydrogen-bond acceptors (Lipinski definition) is 8. The third-order valence-electron chi connectivity index (χ3n) is 5.08. The Morgan fingerprint density at radius 1 is 1.03 bits per heavy atom. The van der Waals surface area contributed by atoms with Crippen molar-refractivity contribution >= 4 is 37.3 Å². The maximum Gasteiger partial charge on any atom is 0.246 e. The number of carbonyl (C=O) groups is 1. The molecule has 2 aromatic rings. The number of benzene rings is 2. The normalized spacial score (nSPS) is 14.9. The second-order valence-corrected chi connectivity index (χ2v) is 11.2. The molecule has 1 aliphatic heterocycles. The lowest BCUT2D eigenvalue weighted by Crippen LogP contribution is -2.40. The molecule has 1 saturated heterocycles. The topological polar surface area (TPSA) is 132 Å². The van der Waals surface area contributed by atoms with E-state index >= 15 is 0 Å². The van der Waals surface area contributed by atoms with Gasteiger partial charge in [-0.1, -0.05) is 12.1 Å². The van der Waals surface area contributed by atoms with E-state index in [1.54, 1.807) is 18.2 Å². The van der Waals surface area contributed by atoms with Gasteiger partial charge in [0.1, 0.15) is 22.9 Å². The van der Waals surface area contributed by atoms with Crippen LogP contribution in [0.3, 0.4) is 0 Å². The van der Waals surface area contributed by atoms with Gasteiger partial charge in [0, 0.05) is 18.8 Å². The lowest BCUT2D eigenvalue weighted by molar-refractivity contribution is -0.114. The molecule has 186 valence electrons. The van der Waals surface area contributed by atoms with Gasteiger partial charge in [-0.3, -0.25) is 9.10 Å². The van der Waals surface area contributed by atoms with Gasteiger partial charge in [-0.2, -0.15) is 4.31 Å². The predicted molar refractivity (Wildman–Crippen MR) is 126 cm³/mol. The zero-order valence-electron chi connectivity index (χ0n) is 19.1.